The Morgan fingerprint density at radius 1 is 1.00 bits per heavy atom. The van der Waals surface area contributed by atoms with Crippen molar-refractivity contribution in [3.8, 4) is 17.0 Å². The summed E-state index contributed by atoms with van der Waals surface area (Å²) in [5.41, 5.74) is 3.57. The second-order valence-electron chi connectivity index (χ2n) is 6.70. The quantitative estimate of drug-likeness (QED) is 0.678. The summed E-state index contributed by atoms with van der Waals surface area (Å²) in [5, 5.41) is 12.3. The molecule has 2 aromatic carbocycles. The van der Waals surface area contributed by atoms with Crippen LogP contribution in [0, 0.1) is 0 Å². The normalized spacial score (nSPS) is 14.6. The number of anilines is 2. The van der Waals surface area contributed by atoms with Crippen LogP contribution in [-0.4, -0.2) is 34.4 Å². The summed E-state index contributed by atoms with van der Waals surface area (Å²) in [6.45, 7) is 1.56. The Labute approximate surface area is 164 Å². The van der Waals surface area contributed by atoms with Crippen LogP contribution in [0.3, 0.4) is 0 Å². The van der Waals surface area contributed by atoms with Gasteiger partial charge in [-0.15, -0.1) is 0 Å². The molecule has 0 radical (unpaired) electrons. The van der Waals surface area contributed by atoms with Gasteiger partial charge in [-0.25, -0.2) is 9.97 Å². The molecule has 144 valence electrons. The lowest BCUT2D eigenvalue weighted by molar-refractivity contribution is 0.0256. The van der Waals surface area contributed by atoms with Gasteiger partial charge in [0.25, 0.3) is 0 Å². The number of benzene rings is 2. The summed E-state index contributed by atoms with van der Waals surface area (Å²) in [6, 6.07) is 17.4. The van der Waals surface area contributed by atoms with Crippen LogP contribution in [0.1, 0.15) is 18.4 Å². The minimum Gasteiger partial charge on any atom is -0.490 e. The lowest BCUT2D eigenvalue weighted by atomic mass is 10.1. The van der Waals surface area contributed by atoms with Crippen LogP contribution < -0.4 is 10.1 Å². The highest BCUT2D eigenvalue weighted by Crippen LogP contribution is 2.24. The van der Waals surface area contributed by atoms with Crippen molar-refractivity contribution in [3.63, 3.8) is 0 Å². The molecule has 6 heteroatoms. The van der Waals surface area contributed by atoms with Gasteiger partial charge in [0.1, 0.15) is 11.9 Å². The lowest BCUT2D eigenvalue weighted by Crippen LogP contribution is -2.25. The smallest absolute Gasteiger partial charge is 0.227 e. The molecule has 0 amide bonds. The number of aliphatic hydroxyl groups is 1. The van der Waals surface area contributed by atoms with Crippen molar-refractivity contribution in [2.24, 2.45) is 0 Å². The molecule has 6 nitrogen and oxygen atoms in total. The first-order valence-corrected chi connectivity index (χ1v) is 9.45. The van der Waals surface area contributed by atoms with Gasteiger partial charge in [0.15, 0.2) is 0 Å². The molecule has 1 aliphatic rings. The summed E-state index contributed by atoms with van der Waals surface area (Å²) >= 11 is 0. The van der Waals surface area contributed by atoms with Crippen molar-refractivity contribution in [1.29, 1.82) is 0 Å². The van der Waals surface area contributed by atoms with Crippen molar-refractivity contribution in [2.75, 3.05) is 18.5 Å². The van der Waals surface area contributed by atoms with E-state index in [1.807, 2.05) is 54.6 Å². The SMILES string of the molecule is OCc1ccc(Nc2nccc(-c3ccc(OC4CCOCC4)cc3)n2)cc1. The van der Waals surface area contributed by atoms with Crippen LogP contribution in [0.2, 0.25) is 0 Å². The van der Waals surface area contributed by atoms with Crippen LogP contribution >= 0.6 is 0 Å². The predicted molar refractivity (Wildman–Crippen MR) is 108 cm³/mol. The number of nitrogens with zero attached hydrogens (tertiary/aromatic N) is 2. The minimum absolute atomic E-state index is 0.0283. The third-order valence-corrected chi connectivity index (χ3v) is 4.67. The molecule has 0 atom stereocenters. The number of ether oxygens (including phenoxy) is 2. The average Bonchev–Trinajstić information content (AvgIpc) is 2.76. The van der Waals surface area contributed by atoms with E-state index in [4.69, 9.17) is 14.6 Å². The Bertz CT molecular complexity index is 892. The third kappa shape index (κ3) is 4.65. The fourth-order valence-corrected chi connectivity index (χ4v) is 3.09. The zero-order valence-corrected chi connectivity index (χ0v) is 15.5. The first-order chi connectivity index (χ1) is 13.8. The maximum absolute atomic E-state index is 9.13. The molecule has 2 N–H and O–H groups in total. The average molecular weight is 377 g/mol. The molecule has 1 saturated heterocycles. The Balaban J connectivity index is 1.44. The van der Waals surface area contributed by atoms with Gasteiger partial charge in [-0.1, -0.05) is 12.1 Å². The van der Waals surface area contributed by atoms with Gasteiger partial charge in [0.05, 0.1) is 25.5 Å². The predicted octanol–water partition coefficient (Wildman–Crippen LogP) is 3.94. The number of aliphatic hydroxyl groups excluding tert-OH is 1. The first kappa shape index (κ1) is 18.4. The number of hydrogen-bond donors (Lipinski definition) is 2. The molecule has 2 heterocycles. The molecule has 1 aliphatic heterocycles. The largest absolute Gasteiger partial charge is 0.490 e. The molecule has 3 aromatic rings. The number of aromatic nitrogens is 2. The lowest BCUT2D eigenvalue weighted by Gasteiger charge is -2.23. The third-order valence-electron chi connectivity index (χ3n) is 4.67. The minimum atomic E-state index is 0.0283. The molecular weight excluding hydrogens is 354 g/mol. The van der Waals surface area contributed by atoms with E-state index in [0.29, 0.717) is 5.95 Å². The molecule has 0 spiro atoms. The van der Waals surface area contributed by atoms with Crippen molar-refractivity contribution < 1.29 is 14.6 Å². The Kier molecular flexibility index (Phi) is 5.80. The van der Waals surface area contributed by atoms with E-state index in [-0.39, 0.29) is 12.7 Å². The molecule has 0 unspecified atom stereocenters. The number of hydrogen-bond acceptors (Lipinski definition) is 6. The van der Waals surface area contributed by atoms with E-state index in [1.165, 1.54) is 0 Å². The van der Waals surface area contributed by atoms with Crippen molar-refractivity contribution >= 4 is 11.6 Å². The summed E-state index contributed by atoms with van der Waals surface area (Å²) in [4.78, 5) is 8.89. The van der Waals surface area contributed by atoms with Crippen LogP contribution in [0.5, 0.6) is 5.75 Å². The van der Waals surface area contributed by atoms with E-state index in [0.717, 1.165) is 54.3 Å². The van der Waals surface area contributed by atoms with Gasteiger partial charge in [-0.2, -0.15) is 0 Å². The van der Waals surface area contributed by atoms with E-state index >= 15 is 0 Å². The van der Waals surface area contributed by atoms with Crippen LogP contribution in [0.4, 0.5) is 11.6 Å². The van der Waals surface area contributed by atoms with Gasteiger partial charge in [-0.05, 0) is 48.0 Å². The number of rotatable bonds is 6. The molecule has 0 aliphatic carbocycles. The topological polar surface area (TPSA) is 76.5 Å². The summed E-state index contributed by atoms with van der Waals surface area (Å²) in [6.07, 6.45) is 3.83. The molecule has 28 heavy (non-hydrogen) atoms. The van der Waals surface area contributed by atoms with Crippen molar-refractivity contribution in [1.82, 2.24) is 9.97 Å². The summed E-state index contributed by atoms with van der Waals surface area (Å²) in [7, 11) is 0. The summed E-state index contributed by atoms with van der Waals surface area (Å²) < 4.78 is 11.4. The highest BCUT2D eigenvalue weighted by molar-refractivity contribution is 5.62. The van der Waals surface area contributed by atoms with Gasteiger partial charge < -0.3 is 19.9 Å². The molecule has 4 rings (SSSR count). The standard InChI is InChI=1S/C22H23N3O3/c26-15-16-1-5-18(6-2-16)24-22-23-12-9-21(25-22)17-3-7-19(8-4-17)28-20-10-13-27-14-11-20/h1-9,12,20,26H,10-11,13-15H2,(H,23,24,25). The fraction of sp³-hybridized carbons (Fsp3) is 0.273. The molecule has 0 saturated carbocycles. The van der Waals surface area contributed by atoms with E-state index in [2.05, 4.69) is 15.3 Å². The van der Waals surface area contributed by atoms with E-state index in [9.17, 15) is 0 Å². The van der Waals surface area contributed by atoms with Crippen LogP contribution in [-0.2, 0) is 11.3 Å². The fourth-order valence-electron chi connectivity index (χ4n) is 3.09. The maximum atomic E-state index is 9.13. The zero-order chi connectivity index (χ0) is 19.2. The van der Waals surface area contributed by atoms with E-state index in [1.54, 1.807) is 6.20 Å². The first-order valence-electron chi connectivity index (χ1n) is 9.45. The second-order valence-corrected chi connectivity index (χ2v) is 6.70. The van der Waals surface area contributed by atoms with Crippen molar-refractivity contribution in [3.05, 3.63) is 66.4 Å². The second kappa shape index (κ2) is 8.82. The maximum Gasteiger partial charge on any atom is 0.227 e. The molecule has 1 fully saturated rings. The van der Waals surface area contributed by atoms with E-state index < -0.39 is 0 Å². The zero-order valence-electron chi connectivity index (χ0n) is 15.5. The molecule has 1 aromatic heterocycles. The summed E-state index contributed by atoms with van der Waals surface area (Å²) in [5.74, 6) is 1.39. The Hall–Kier alpha value is -2.96. The van der Waals surface area contributed by atoms with Gasteiger partial charge in [0, 0.05) is 30.3 Å². The Morgan fingerprint density at radius 3 is 2.46 bits per heavy atom. The van der Waals surface area contributed by atoms with Gasteiger partial charge in [0.2, 0.25) is 5.95 Å². The monoisotopic (exact) mass is 377 g/mol. The van der Waals surface area contributed by atoms with Crippen LogP contribution in [0.25, 0.3) is 11.3 Å². The highest BCUT2D eigenvalue weighted by Gasteiger charge is 2.15. The van der Waals surface area contributed by atoms with Gasteiger partial charge in [-0.3, -0.25) is 0 Å². The highest BCUT2D eigenvalue weighted by atomic mass is 16.5. The van der Waals surface area contributed by atoms with Crippen molar-refractivity contribution in [2.45, 2.75) is 25.6 Å². The Morgan fingerprint density at radius 2 is 1.75 bits per heavy atom. The molecular formula is C22H23N3O3. The molecule has 0 bridgehead atoms. The van der Waals surface area contributed by atoms with Crippen LogP contribution in [0.15, 0.2) is 60.8 Å². The van der Waals surface area contributed by atoms with Gasteiger partial charge >= 0.3 is 0 Å². The number of nitrogens with one attached hydrogen (secondary N) is 1.